The third-order valence-electron chi connectivity index (χ3n) is 3.79. The fourth-order valence-electron chi connectivity index (χ4n) is 2.62. The summed E-state index contributed by atoms with van der Waals surface area (Å²) in [5.41, 5.74) is 1.32. The topological polar surface area (TPSA) is 71.5 Å². The van der Waals surface area contributed by atoms with Gasteiger partial charge in [0.05, 0.1) is 13.0 Å². The van der Waals surface area contributed by atoms with Crippen molar-refractivity contribution in [3.05, 3.63) is 48.7 Å². The first-order valence-electron chi connectivity index (χ1n) is 7.34. The molecule has 0 spiro atoms. The van der Waals surface area contributed by atoms with Crippen molar-refractivity contribution >= 4 is 23.2 Å². The van der Waals surface area contributed by atoms with Crippen molar-refractivity contribution in [2.75, 3.05) is 23.9 Å². The van der Waals surface area contributed by atoms with Gasteiger partial charge in [-0.05, 0) is 24.3 Å². The first-order chi connectivity index (χ1) is 11.2. The third kappa shape index (κ3) is 3.15. The molecule has 0 aliphatic carbocycles. The van der Waals surface area contributed by atoms with E-state index in [4.69, 9.17) is 4.74 Å². The number of hydrogen-bond donors (Lipinski definition) is 1. The van der Waals surface area contributed by atoms with E-state index in [9.17, 15) is 9.59 Å². The number of para-hydroxylation sites is 1. The van der Waals surface area contributed by atoms with Gasteiger partial charge in [0, 0.05) is 24.8 Å². The van der Waals surface area contributed by atoms with E-state index in [1.165, 1.54) is 7.11 Å². The lowest BCUT2D eigenvalue weighted by Crippen LogP contribution is -2.28. The number of amides is 2. The third-order valence-corrected chi connectivity index (χ3v) is 3.79. The molecule has 1 aliphatic heterocycles. The van der Waals surface area contributed by atoms with Crippen molar-refractivity contribution in [1.29, 1.82) is 0 Å². The first-order valence-corrected chi connectivity index (χ1v) is 7.34. The molecule has 1 fully saturated rings. The molecule has 0 unspecified atom stereocenters. The molecular formula is C17H17N3O3. The standard InChI is InChI=1S/C17H17N3O3/c1-23-17-14(8-5-9-18-17)19-16(22)12-10-15(21)20(11-12)13-6-3-2-4-7-13/h2-9,12H,10-11H2,1H3,(H,19,22)/t12-/m1/s1. The summed E-state index contributed by atoms with van der Waals surface area (Å²) in [6.07, 6.45) is 1.79. The minimum Gasteiger partial charge on any atom is -0.480 e. The molecule has 23 heavy (non-hydrogen) atoms. The van der Waals surface area contributed by atoms with E-state index >= 15 is 0 Å². The highest BCUT2D eigenvalue weighted by Crippen LogP contribution is 2.27. The number of nitrogens with one attached hydrogen (secondary N) is 1. The Balaban J connectivity index is 1.71. The Morgan fingerprint density at radius 1 is 1.26 bits per heavy atom. The highest BCUT2D eigenvalue weighted by molar-refractivity contribution is 6.03. The summed E-state index contributed by atoms with van der Waals surface area (Å²) < 4.78 is 5.12. The molecule has 2 amide bonds. The van der Waals surface area contributed by atoms with Crippen LogP contribution >= 0.6 is 0 Å². The van der Waals surface area contributed by atoms with Crippen LogP contribution in [0, 0.1) is 5.92 Å². The van der Waals surface area contributed by atoms with Crippen LogP contribution in [-0.4, -0.2) is 30.5 Å². The second-order valence-corrected chi connectivity index (χ2v) is 5.29. The number of ether oxygens (including phenoxy) is 1. The van der Waals surface area contributed by atoms with Crippen LogP contribution in [0.2, 0.25) is 0 Å². The Morgan fingerprint density at radius 2 is 2.04 bits per heavy atom. The van der Waals surface area contributed by atoms with Gasteiger partial charge in [-0.2, -0.15) is 0 Å². The van der Waals surface area contributed by atoms with Crippen LogP contribution in [0.5, 0.6) is 5.88 Å². The molecule has 118 valence electrons. The predicted molar refractivity (Wildman–Crippen MR) is 86.3 cm³/mol. The van der Waals surface area contributed by atoms with Gasteiger partial charge in [0.15, 0.2) is 0 Å². The molecule has 0 radical (unpaired) electrons. The van der Waals surface area contributed by atoms with Gasteiger partial charge in [-0.25, -0.2) is 4.98 Å². The first kappa shape index (κ1) is 15.0. The second kappa shape index (κ2) is 6.48. The zero-order valence-electron chi connectivity index (χ0n) is 12.7. The molecule has 2 aromatic rings. The molecule has 6 nitrogen and oxygen atoms in total. The lowest BCUT2D eigenvalue weighted by atomic mass is 10.1. The van der Waals surface area contributed by atoms with Crippen molar-refractivity contribution in [1.82, 2.24) is 4.98 Å². The Hall–Kier alpha value is -2.89. The van der Waals surface area contributed by atoms with Crippen molar-refractivity contribution in [3.63, 3.8) is 0 Å². The number of nitrogens with zero attached hydrogens (tertiary/aromatic N) is 2. The number of carbonyl (C=O) groups is 2. The monoisotopic (exact) mass is 311 g/mol. The van der Waals surface area contributed by atoms with Gasteiger partial charge in [-0.15, -0.1) is 0 Å². The van der Waals surface area contributed by atoms with Gasteiger partial charge in [0.25, 0.3) is 0 Å². The summed E-state index contributed by atoms with van der Waals surface area (Å²) >= 11 is 0. The Bertz CT molecular complexity index is 718. The highest BCUT2D eigenvalue weighted by atomic mass is 16.5. The molecule has 1 atom stereocenters. The number of benzene rings is 1. The summed E-state index contributed by atoms with van der Waals surface area (Å²) in [7, 11) is 1.49. The average Bonchev–Trinajstić information content (AvgIpc) is 2.98. The fraction of sp³-hybridized carbons (Fsp3) is 0.235. The van der Waals surface area contributed by atoms with Crippen LogP contribution in [-0.2, 0) is 9.59 Å². The number of pyridine rings is 1. The van der Waals surface area contributed by atoms with Gasteiger partial charge in [0.1, 0.15) is 5.69 Å². The maximum atomic E-state index is 12.4. The maximum absolute atomic E-state index is 12.4. The van der Waals surface area contributed by atoms with Crippen molar-refractivity contribution < 1.29 is 14.3 Å². The number of methoxy groups -OCH3 is 1. The molecule has 2 heterocycles. The van der Waals surface area contributed by atoms with Crippen molar-refractivity contribution in [3.8, 4) is 5.88 Å². The van der Waals surface area contributed by atoms with Gasteiger partial charge in [0.2, 0.25) is 17.7 Å². The molecule has 1 saturated heterocycles. The molecule has 1 aliphatic rings. The molecule has 0 saturated carbocycles. The zero-order chi connectivity index (χ0) is 16.2. The van der Waals surface area contributed by atoms with Gasteiger partial charge >= 0.3 is 0 Å². The largest absolute Gasteiger partial charge is 0.480 e. The minimum absolute atomic E-state index is 0.0468. The number of anilines is 2. The van der Waals surface area contributed by atoms with E-state index in [0.717, 1.165) is 5.69 Å². The summed E-state index contributed by atoms with van der Waals surface area (Å²) in [5.74, 6) is -0.296. The Kier molecular flexibility index (Phi) is 4.23. The molecule has 1 aromatic heterocycles. The molecular weight excluding hydrogens is 294 g/mol. The van der Waals surface area contributed by atoms with Crippen LogP contribution in [0.25, 0.3) is 0 Å². The molecule has 3 rings (SSSR count). The SMILES string of the molecule is COc1ncccc1NC(=O)[C@@H]1CC(=O)N(c2ccccc2)C1. The van der Waals surface area contributed by atoms with Crippen LogP contribution < -0.4 is 15.0 Å². The van der Waals surface area contributed by atoms with E-state index in [1.54, 1.807) is 23.2 Å². The summed E-state index contributed by atoms with van der Waals surface area (Å²) in [5, 5.41) is 2.79. The predicted octanol–water partition coefficient (Wildman–Crippen LogP) is 2.08. The van der Waals surface area contributed by atoms with E-state index in [0.29, 0.717) is 18.1 Å². The molecule has 6 heteroatoms. The molecule has 1 aromatic carbocycles. The van der Waals surface area contributed by atoms with Crippen LogP contribution in [0.4, 0.5) is 11.4 Å². The lowest BCUT2D eigenvalue weighted by molar-refractivity contribution is -0.122. The Labute approximate surface area is 134 Å². The summed E-state index contributed by atoms with van der Waals surface area (Å²) in [6, 6.07) is 12.8. The molecule has 1 N–H and O–H groups in total. The van der Waals surface area contributed by atoms with Gasteiger partial charge < -0.3 is 15.0 Å². The maximum Gasteiger partial charge on any atom is 0.237 e. The van der Waals surface area contributed by atoms with E-state index in [-0.39, 0.29) is 18.2 Å². The molecule has 0 bridgehead atoms. The number of rotatable bonds is 4. The van der Waals surface area contributed by atoms with Crippen molar-refractivity contribution in [2.45, 2.75) is 6.42 Å². The minimum atomic E-state index is -0.396. The highest BCUT2D eigenvalue weighted by Gasteiger charge is 2.35. The van der Waals surface area contributed by atoms with Gasteiger partial charge in [-0.3, -0.25) is 9.59 Å². The number of aromatic nitrogens is 1. The van der Waals surface area contributed by atoms with E-state index in [1.807, 2.05) is 30.3 Å². The summed E-state index contributed by atoms with van der Waals surface area (Å²) in [4.78, 5) is 30.3. The van der Waals surface area contributed by atoms with Gasteiger partial charge in [-0.1, -0.05) is 18.2 Å². The van der Waals surface area contributed by atoms with Crippen molar-refractivity contribution in [2.24, 2.45) is 5.92 Å². The van der Waals surface area contributed by atoms with E-state index < -0.39 is 5.92 Å². The van der Waals surface area contributed by atoms with Crippen LogP contribution in [0.1, 0.15) is 6.42 Å². The second-order valence-electron chi connectivity index (χ2n) is 5.29. The normalized spacial score (nSPS) is 17.2. The zero-order valence-corrected chi connectivity index (χ0v) is 12.7. The van der Waals surface area contributed by atoms with Crippen LogP contribution in [0.15, 0.2) is 48.7 Å². The number of carbonyl (C=O) groups excluding carboxylic acids is 2. The fourth-order valence-corrected chi connectivity index (χ4v) is 2.62. The van der Waals surface area contributed by atoms with Crippen LogP contribution in [0.3, 0.4) is 0 Å². The Morgan fingerprint density at radius 3 is 2.78 bits per heavy atom. The lowest BCUT2D eigenvalue weighted by Gasteiger charge is -2.16. The average molecular weight is 311 g/mol. The number of hydrogen-bond acceptors (Lipinski definition) is 4. The van der Waals surface area contributed by atoms with E-state index in [2.05, 4.69) is 10.3 Å². The smallest absolute Gasteiger partial charge is 0.237 e. The quantitative estimate of drug-likeness (QED) is 0.938. The summed E-state index contributed by atoms with van der Waals surface area (Å²) in [6.45, 7) is 0.372.